The number of aromatic nitrogens is 2. The molecule has 1 aliphatic rings. The number of anilines is 1. The number of hydrogen-bond acceptors (Lipinski definition) is 4. The summed E-state index contributed by atoms with van der Waals surface area (Å²) in [5.41, 5.74) is 1.77. The number of para-hydroxylation sites is 2. The first-order chi connectivity index (χ1) is 14.8. The Balaban J connectivity index is 1.78. The number of carboxylic acid groups (broad SMARTS) is 1. The Morgan fingerprint density at radius 3 is 2.32 bits per heavy atom. The van der Waals surface area contributed by atoms with Crippen molar-refractivity contribution in [3.8, 4) is 0 Å². The molecule has 3 amide bonds. The summed E-state index contributed by atoms with van der Waals surface area (Å²) < 4.78 is 1.98. The fourth-order valence-electron chi connectivity index (χ4n) is 3.82. The van der Waals surface area contributed by atoms with Crippen molar-refractivity contribution >= 4 is 34.9 Å². The molecule has 3 rings (SSSR count). The van der Waals surface area contributed by atoms with Crippen molar-refractivity contribution < 1.29 is 19.5 Å². The number of fused-ring (bicyclic) bond motifs is 3. The second-order valence-electron chi connectivity index (χ2n) is 8.23. The number of aliphatic carboxylic acids is 1. The number of nitrogens with zero attached hydrogens (tertiary/aromatic N) is 3. The maximum absolute atomic E-state index is 13.1. The number of urea groups is 1. The highest BCUT2D eigenvalue weighted by molar-refractivity contribution is 5.97. The van der Waals surface area contributed by atoms with Gasteiger partial charge in [0.05, 0.1) is 11.0 Å². The standard InChI is InChI=1S/C22H31N5O4/c1-5-13(3)17(19(28)24-18(20(29)30)14(4)6-2)25-22(31)27-12-11-26-16-10-8-7-9-15(16)23-21(26)27/h7-10,13-14,17-18H,5-6,11-12H2,1-4H3,(H,24,28)(H,25,31)(H,29,30)/t13-,14+,17-,18-/m0/s1. The maximum atomic E-state index is 13.1. The number of carboxylic acids is 1. The highest BCUT2D eigenvalue weighted by Crippen LogP contribution is 2.27. The van der Waals surface area contributed by atoms with Crippen LogP contribution in [0.25, 0.3) is 11.0 Å². The molecule has 0 radical (unpaired) electrons. The van der Waals surface area contributed by atoms with Gasteiger partial charge < -0.3 is 20.3 Å². The molecule has 0 saturated heterocycles. The first-order valence-electron chi connectivity index (χ1n) is 10.8. The maximum Gasteiger partial charge on any atom is 0.326 e. The lowest BCUT2D eigenvalue weighted by molar-refractivity contribution is -0.143. The lowest BCUT2D eigenvalue weighted by Crippen LogP contribution is -2.57. The Kier molecular flexibility index (Phi) is 6.82. The number of hydrogen-bond donors (Lipinski definition) is 3. The SMILES string of the molecule is CC[C@@H](C)[C@H](NC(=O)[C@@H](NC(=O)N1CCn2c1nc1ccccc12)[C@@H](C)CC)C(=O)O. The lowest BCUT2D eigenvalue weighted by Gasteiger charge is -2.28. The van der Waals surface area contributed by atoms with E-state index in [0.29, 0.717) is 31.9 Å². The number of rotatable bonds is 8. The van der Waals surface area contributed by atoms with Gasteiger partial charge in [0.25, 0.3) is 0 Å². The Hall–Kier alpha value is -3.10. The number of nitrogens with one attached hydrogen (secondary N) is 2. The van der Waals surface area contributed by atoms with Crippen LogP contribution in [0, 0.1) is 11.8 Å². The van der Waals surface area contributed by atoms with Crippen molar-refractivity contribution in [2.24, 2.45) is 11.8 Å². The third-order valence-corrected chi connectivity index (χ3v) is 6.22. The second kappa shape index (κ2) is 9.36. The molecule has 4 atom stereocenters. The van der Waals surface area contributed by atoms with E-state index in [-0.39, 0.29) is 11.8 Å². The summed E-state index contributed by atoms with van der Waals surface area (Å²) in [6.07, 6.45) is 1.26. The molecule has 0 saturated carbocycles. The average Bonchev–Trinajstić information content (AvgIpc) is 3.33. The third-order valence-electron chi connectivity index (χ3n) is 6.22. The van der Waals surface area contributed by atoms with Crippen molar-refractivity contribution in [1.82, 2.24) is 20.2 Å². The van der Waals surface area contributed by atoms with E-state index in [2.05, 4.69) is 15.6 Å². The molecule has 1 aromatic carbocycles. The summed E-state index contributed by atoms with van der Waals surface area (Å²) in [7, 11) is 0. The van der Waals surface area contributed by atoms with Crippen LogP contribution in [0.4, 0.5) is 10.7 Å². The zero-order valence-corrected chi connectivity index (χ0v) is 18.5. The first kappa shape index (κ1) is 22.6. The summed E-state index contributed by atoms with van der Waals surface area (Å²) in [6.45, 7) is 8.53. The number of imidazole rings is 1. The summed E-state index contributed by atoms with van der Waals surface area (Å²) in [6, 6.07) is 5.43. The Morgan fingerprint density at radius 1 is 1.03 bits per heavy atom. The van der Waals surface area contributed by atoms with Crippen LogP contribution < -0.4 is 15.5 Å². The van der Waals surface area contributed by atoms with E-state index in [1.807, 2.05) is 49.6 Å². The second-order valence-corrected chi connectivity index (χ2v) is 8.23. The molecule has 9 nitrogen and oxygen atoms in total. The zero-order valence-electron chi connectivity index (χ0n) is 18.5. The molecule has 0 unspecified atom stereocenters. The summed E-state index contributed by atoms with van der Waals surface area (Å²) in [5, 5.41) is 15.0. The molecule has 168 valence electrons. The van der Waals surface area contributed by atoms with Gasteiger partial charge in [0.1, 0.15) is 12.1 Å². The molecule has 0 spiro atoms. The van der Waals surface area contributed by atoms with Gasteiger partial charge in [0.15, 0.2) is 0 Å². The van der Waals surface area contributed by atoms with Crippen LogP contribution in [0.1, 0.15) is 40.5 Å². The monoisotopic (exact) mass is 429 g/mol. The van der Waals surface area contributed by atoms with Crippen LogP contribution in [0.5, 0.6) is 0 Å². The van der Waals surface area contributed by atoms with Crippen molar-refractivity contribution in [2.75, 3.05) is 11.4 Å². The Labute approximate surface area is 181 Å². The molecule has 0 bridgehead atoms. The van der Waals surface area contributed by atoms with E-state index in [0.717, 1.165) is 11.0 Å². The smallest absolute Gasteiger partial charge is 0.326 e. The molecule has 2 aromatic rings. The van der Waals surface area contributed by atoms with Crippen molar-refractivity contribution in [3.05, 3.63) is 24.3 Å². The number of carbonyl (C=O) groups excluding carboxylic acids is 2. The van der Waals surface area contributed by atoms with Gasteiger partial charge in [-0.05, 0) is 24.0 Å². The summed E-state index contributed by atoms with van der Waals surface area (Å²) in [5.74, 6) is -1.41. The zero-order chi connectivity index (χ0) is 22.7. The molecular formula is C22H31N5O4. The Bertz CT molecular complexity index is 972. The van der Waals surface area contributed by atoms with Crippen LogP contribution >= 0.6 is 0 Å². The van der Waals surface area contributed by atoms with Gasteiger partial charge in [0.2, 0.25) is 11.9 Å². The van der Waals surface area contributed by atoms with E-state index in [9.17, 15) is 19.5 Å². The lowest BCUT2D eigenvalue weighted by atomic mass is 9.95. The van der Waals surface area contributed by atoms with Gasteiger partial charge in [-0.2, -0.15) is 0 Å². The quantitative estimate of drug-likeness (QED) is 0.596. The molecule has 0 fully saturated rings. The fourth-order valence-corrected chi connectivity index (χ4v) is 3.82. The van der Waals surface area contributed by atoms with Gasteiger partial charge in [-0.1, -0.05) is 52.7 Å². The van der Waals surface area contributed by atoms with E-state index in [4.69, 9.17) is 0 Å². The first-order valence-corrected chi connectivity index (χ1v) is 10.8. The highest BCUT2D eigenvalue weighted by atomic mass is 16.4. The van der Waals surface area contributed by atoms with Crippen molar-refractivity contribution in [1.29, 1.82) is 0 Å². The minimum absolute atomic E-state index is 0.170. The van der Waals surface area contributed by atoms with Crippen LogP contribution in [-0.2, 0) is 16.1 Å². The molecule has 0 aliphatic carbocycles. The molecule has 9 heteroatoms. The van der Waals surface area contributed by atoms with E-state index in [1.54, 1.807) is 6.92 Å². The highest BCUT2D eigenvalue weighted by Gasteiger charge is 2.35. The molecule has 3 N–H and O–H groups in total. The van der Waals surface area contributed by atoms with Gasteiger partial charge in [-0.15, -0.1) is 0 Å². The van der Waals surface area contributed by atoms with Gasteiger partial charge in [0, 0.05) is 13.1 Å². The molecule has 31 heavy (non-hydrogen) atoms. The van der Waals surface area contributed by atoms with Crippen molar-refractivity contribution in [3.63, 3.8) is 0 Å². The van der Waals surface area contributed by atoms with Crippen LogP contribution in [0.2, 0.25) is 0 Å². The number of carbonyl (C=O) groups is 3. The number of amides is 3. The summed E-state index contributed by atoms with van der Waals surface area (Å²) >= 11 is 0. The van der Waals surface area contributed by atoms with E-state index >= 15 is 0 Å². The van der Waals surface area contributed by atoms with Gasteiger partial charge in [-0.25, -0.2) is 14.6 Å². The predicted octanol–water partition coefficient (Wildman–Crippen LogP) is 2.60. The predicted molar refractivity (Wildman–Crippen MR) is 118 cm³/mol. The minimum Gasteiger partial charge on any atom is -0.480 e. The van der Waals surface area contributed by atoms with E-state index in [1.165, 1.54) is 4.90 Å². The van der Waals surface area contributed by atoms with Gasteiger partial charge in [-0.3, -0.25) is 9.69 Å². The summed E-state index contributed by atoms with van der Waals surface area (Å²) in [4.78, 5) is 43.8. The molecule has 2 heterocycles. The fraction of sp³-hybridized carbons (Fsp3) is 0.545. The van der Waals surface area contributed by atoms with Crippen LogP contribution in [0.3, 0.4) is 0 Å². The minimum atomic E-state index is -1.08. The third kappa shape index (κ3) is 4.50. The largest absolute Gasteiger partial charge is 0.480 e. The topological polar surface area (TPSA) is 117 Å². The van der Waals surface area contributed by atoms with Crippen LogP contribution in [-0.4, -0.2) is 51.2 Å². The normalized spacial score (nSPS) is 17.0. The number of benzene rings is 1. The van der Waals surface area contributed by atoms with Crippen molar-refractivity contribution in [2.45, 2.75) is 59.2 Å². The molecule has 1 aromatic heterocycles. The Morgan fingerprint density at radius 2 is 1.68 bits per heavy atom. The average molecular weight is 430 g/mol. The van der Waals surface area contributed by atoms with E-state index < -0.39 is 30.0 Å². The molecule has 1 aliphatic heterocycles. The van der Waals surface area contributed by atoms with Crippen LogP contribution in [0.15, 0.2) is 24.3 Å². The molecular weight excluding hydrogens is 398 g/mol. The van der Waals surface area contributed by atoms with Gasteiger partial charge >= 0.3 is 12.0 Å².